The number of hydrogen-bond acceptors (Lipinski definition) is 7. The highest BCUT2D eigenvalue weighted by Crippen LogP contribution is 2.23. The third kappa shape index (κ3) is 18.4. The van der Waals surface area contributed by atoms with Gasteiger partial charge in [-0.25, -0.2) is 4.79 Å². The van der Waals surface area contributed by atoms with E-state index in [9.17, 15) is 14.4 Å². The van der Waals surface area contributed by atoms with Gasteiger partial charge in [0.25, 0.3) is 0 Å². The number of hydrogen-bond donors (Lipinski definition) is 3. The molecule has 7 nitrogen and oxygen atoms in total. The number of nitrogens with one attached hydrogen (secondary N) is 1. The number of carbonyl (C=O) groups excluding carboxylic acids is 2. The maximum atomic E-state index is 12.2. The first-order chi connectivity index (χ1) is 14.9. The number of unbranched alkanes of at least 4 members (excludes halogenated alkanes) is 11. The Kier molecular flexibility index (Phi) is 20.3. The van der Waals surface area contributed by atoms with Gasteiger partial charge in [-0.3, -0.25) is 9.59 Å². The Balaban J connectivity index is 3.81. The molecule has 0 aromatic carbocycles. The molecule has 2 unspecified atom stereocenters. The highest BCUT2D eigenvalue weighted by molar-refractivity contribution is 8.76. The Morgan fingerprint density at radius 1 is 0.871 bits per heavy atom. The van der Waals surface area contributed by atoms with Gasteiger partial charge in [0, 0.05) is 17.9 Å². The van der Waals surface area contributed by atoms with Gasteiger partial charge in [0.1, 0.15) is 12.1 Å². The van der Waals surface area contributed by atoms with Crippen molar-refractivity contribution < 1.29 is 24.2 Å². The van der Waals surface area contributed by atoms with Crippen LogP contribution in [0.1, 0.15) is 90.4 Å². The SMILES string of the molecule is CCCCCCCCCCCCCCC(=O)NC(CSSCC(N)C(=O)O)C(=O)OC. The van der Waals surface area contributed by atoms with Crippen molar-refractivity contribution in [3.63, 3.8) is 0 Å². The zero-order valence-electron chi connectivity index (χ0n) is 19.2. The molecule has 31 heavy (non-hydrogen) atoms. The molecule has 0 rings (SSSR count). The molecule has 0 radical (unpaired) electrons. The molecule has 4 N–H and O–H groups in total. The molecule has 0 saturated heterocycles. The van der Waals surface area contributed by atoms with Crippen LogP contribution in [0.2, 0.25) is 0 Å². The molecule has 0 aliphatic heterocycles. The molecule has 0 spiro atoms. The van der Waals surface area contributed by atoms with Gasteiger partial charge in [-0.1, -0.05) is 99.1 Å². The Morgan fingerprint density at radius 2 is 1.35 bits per heavy atom. The summed E-state index contributed by atoms with van der Waals surface area (Å²) in [5, 5.41) is 11.5. The first-order valence-corrected chi connectivity index (χ1v) is 14.0. The first kappa shape index (κ1) is 30.1. The van der Waals surface area contributed by atoms with Crippen molar-refractivity contribution >= 4 is 39.4 Å². The van der Waals surface area contributed by atoms with E-state index in [1.165, 1.54) is 86.5 Å². The van der Waals surface area contributed by atoms with Crippen LogP contribution < -0.4 is 11.1 Å². The van der Waals surface area contributed by atoms with Crippen LogP contribution in [-0.2, 0) is 19.1 Å². The number of carboxylic acid groups (broad SMARTS) is 1. The summed E-state index contributed by atoms with van der Waals surface area (Å²) in [5.41, 5.74) is 5.44. The average molecular weight is 479 g/mol. The van der Waals surface area contributed by atoms with E-state index in [2.05, 4.69) is 12.2 Å². The molecule has 0 bridgehead atoms. The summed E-state index contributed by atoms with van der Waals surface area (Å²) in [5.74, 6) is -1.20. The van der Waals surface area contributed by atoms with Crippen LogP contribution in [0.25, 0.3) is 0 Å². The molecule has 0 aliphatic rings. The fourth-order valence-electron chi connectivity index (χ4n) is 3.01. The Bertz CT molecular complexity index is 495. The maximum Gasteiger partial charge on any atom is 0.329 e. The quantitative estimate of drug-likeness (QED) is 0.125. The van der Waals surface area contributed by atoms with E-state index >= 15 is 0 Å². The number of amides is 1. The predicted octanol–water partition coefficient (Wildman–Crippen LogP) is 4.53. The number of carboxylic acids is 1. The van der Waals surface area contributed by atoms with E-state index in [0.717, 1.165) is 19.3 Å². The average Bonchev–Trinajstić information content (AvgIpc) is 2.75. The van der Waals surface area contributed by atoms with Gasteiger partial charge in [0.15, 0.2) is 0 Å². The number of methoxy groups -OCH3 is 1. The minimum absolute atomic E-state index is 0.157. The van der Waals surface area contributed by atoms with Crippen molar-refractivity contribution in [1.82, 2.24) is 5.32 Å². The number of esters is 1. The Hall–Kier alpha value is -0.930. The summed E-state index contributed by atoms with van der Waals surface area (Å²) in [7, 11) is 3.84. The minimum atomic E-state index is -1.06. The highest BCUT2D eigenvalue weighted by Gasteiger charge is 2.22. The normalized spacial score (nSPS) is 12.9. The molecule has 2 atom stereocenters. The zero-order chi connectivity index (χ0) is 23.3. The largest absolute Gasteiger partial charge is 0.480 e. The van der Waals surface area contributed by atoms with E-state index in [0.29, 0.717) is 12.2 Å². The lowest BCUT2D eigenvalue weighted by Crippen LogP contribution is -2.43. The summed E-state index contributed by atoms with van der Waals surface area (Å²) < 4.78 is 4.75. The minimum Gasteiger partial charge on any atom is -0.480 e. The van der Waals surface area contributed by atoms with Crippen molar-refractivity contribution in [2.45, 2.75) is 102 Å². The van der Waals surface area contributed by atoms with Gasteiger partial charge in [0.05, 0.1) is 7.11 Å². The van der Waals surface area contributed by atoms with Crippen LogP contribution >= 0.6 is 21.6 Å². The lowest BCUT2D eigenvalue weighted by Gasteiger charge is -2.16. The van der Waals surface area contributed by atoms with Crippen LogP contribution in [0, 0.1) is 0 Å². The summed E-state index contributed by atoms with van der Waals surface area (Å²) in [6.45, 7) is 2.24. The van der Waals surface area contributed by atoms with Crippen molar-refractivity contribution in [3.05, 3.63) is 0 Å². The second-order valence-corrected chi connectivity index (χ2v) is 10.3. The molecule has 1 amide bonds. The van der Waals surface area contributed by atoms with Crippen LogP contribution in [0.3, 0.4) is 0 Å². The molecule has 182 valence electrons. The lowest BCUT2D eigenvalue weighted by molar-refractivity contribution is -0.144. The van der Waals surface area contributed by atoms with Crippen LogP contribution in [-0.4, -0.2) is 53.7 Å². The summed E-state index contributed by atoms with van der Waals surface area (Å²) >= 11 is 0. The molecule has 0 heterocycles. The smallest absolute Gasteiger partial charge is 0.329 e. The van der Waals surface area contributed by atoms with E-state index < -0.39 is 24.0 Å². The fraction of sp³-hybridized carbons (Fsp3) is 0.864. The van der Waals surface area contributed by atoms with Gasteiger partial charge in [-0.05, 0) is 6.42 Å². The van der Waals surface area contributed by atoms with Crippen LogP contribution in [0.15, 0.2) is 0 Å². The fourth-order valence-corrected chi connectivity index (χ4v) is 5.28. The molecule has 0 aromatic rings. The molecule has 0 aliphatic carbocycles. The van der Waals surface area contributed by atoms with Crippen molar-refractivity contribution in [2.75, 3.05) is 18.6 Å². The maximum absolute atomic E-state index is 12.2. The zero-order valence-corrected chi connectivity index (χ0v) is 20.9. The Labute approximate surface area is 195 Å². The van der Waals surface area contributed by atoms with Crippen LogP contribution in [0.4, 0.5) is 0 Å². The van der Waals surface area contributed by atoms with Gasteiger partial charge in [-0.15, -0.1) is 0 Å². The number of ether oxygens (including phenoxy) is 1. The van der Waals surface area contributed by atoms with Gasteiger partial charge < -0.3 is 20.9 Å². The third-order valence-corrected chi connectivity index (χ3v) is 7.41. The van der Waals surface area contributed by atoms with Crippen molar-refractivity contribution in [3.8, 4) is 0 Å². The standard InChI is InChI=1S/C22H42N2O5S2/c1-3-4-5-6-7-8-9-10-11-12-13-14-15-20(25)24-19(22(28)29-2)17-31-30-16-18(23)21(26)27/h18-19H,3-17,23H2,1-2H3,(H,24,25)(H,26,27). The third-order valence-electron chi connectivity index (χ3n) is 4.96. The van der Waals surface area contributed by atoms with E-state index in [-0.39, 0.29) is 11.7 Å². The van der Waals surface area contributed by atoms with E-state index in [4.69, 9.17) is 15.6 Å². The van der Waals surface area contributed by atoms with E-state index in [1.807, 2.05) is 0 Å². The molecular weight excluding hydrogens is 436 g/mol. The topological polar surface area (TPSA) is 119 Å². The van der Waals surface area contributed by atoms with Crippen molar-refractivity contribution in [2.24, 2.45) is 5.73 Å². The molecule has 9 heteroatoms. The van der Waals surface area contributed by atoms with Gasteiger partial charge in [-0.2, -0.15) is 0 Å². The first-order valence-electron chi connectivity index (χ1n) is 11.5. The lowest BCUT2D eigenvalue weighted by atomic mass is 10.0. The molecule has 0 fully saturated rings. The highest BCUT2D eigenvalue weighted by atomic mass is 33.1. The summed E-state index contributed by atoms with van der Waals surface area (Å²) in [6.07, 6.45) is 15.2. The predicted molar refractivity (Wildman–Crippen MR) is 130 cm³/mol. The van der Waals surface area contributed by atoms with Crippen molar-refractivity contribution in [1.29, 1.82) is 0 Å². The number of carbonyl (C=O) groups is 3. The summed E-state index contributed by atoms with van der Waals surface area (Å²) in [4.78, 5) is 34.7. The monoisotopic (exact) mass is 478 g/mol. The van der Waals surface area contributed by atoms with Gasteiger partial charge in [0.2, 0.25) is 5.91 Å². The molecule has 0 aromatic heterocycles. The molecular formula is C22H42N2O5S2. The second kappa shape index (κ2) is 20.9. The molecule has 0 saturated carbocycles. The summed E-state index contributed by atoms with van der Waals surface area (Å²) in [6, 6.07) is -1.69. The van der Waals surface area contributed by atoms with Gasteiger partial charge >= 0.3 is 11.9 Å². The van der Waals surface area contributed by atoms with Crippen LogP contribution in [0.5, 0.6) is 0 Å². The van der Waals surface area contributed by atoms with E-state index in [1.54, 1.807) is 0 Å². The number of nitrogens with two attached hydrogens (primary N) is 1. The second-order valence-electron chi connectivity index (χ2n) is 7.80. The number of rotatable bonds is 21. The Morgan fingerprint density at radius 3 is 1.84 bits per heavy atom. The number of aliphatic carboxylic acids is 1.